The zero-order valence-corrected chi connectivity index (χ0v) is 15.1. The third-order valence-corrected chi connectivity index (χ3v) is 3.13. The quantitative estimate of drug-likeness (QED) is 0.316. The molecular weight excluding hydrogens is 391 g/mol. The molecule has 2 aromatic rings. The lowest BCUT2D eigenvalue weighted by Crippen LogP contribution is -2.32. The lowest BCUT2D eigenvalue weighted by Gasteiger charge is -2.06. The van der Waals surface area contributed by atoms with Crippen molar-refractivity contribution < 1.29 is 4.74 Å². The summed E-state index contributed by atoms with van der Waals surface area (Å²) in [5, 5.41) is 5.37. The highest BCUT2D eigenvalue weighted by Gasteiger charge is 2.01. The first-order valence-corrected chi connectivity index (χ1v) is 7.25. The molecule has 1 aromatic heterocycles. The second-order valence-corrected chi connectivity index (χ2v) is 4.66. The van der Waals surface area contributed by atoms with E-state index in [1.807, 2.05) is 25.1 Å². The fourth-order valence-corrected chi connectivity index (χ4v) is 2.06. The SMILES string of the molecule is CCOCCCNC(N)=NCc1nccc2ccccc12.I. The standard InChI is InChI=1S/C16H22N4O.HI/c1-2-21-11-5-9-19-16(17)20-12-15-14-7-4-3-6-13(14)8-10-18-15;/h3-4,6-8,10H,2,5,9,11-12H2,1H3,(H3,17,19,20);1H. The fourth-order valence-electron chi connectivity index (χ4n) is 2.06. The Morgan fingerprint density at radius 3 is 2.95 bits per heavy atom. The van der Waals surface area contributed by atoms with Crippen molar-refractivity contribution >= 4 is 40.7 Å². The summed E-state index contributed by atoms with van der Waals surface area (Å²) in [6.45, 7) is 4.71. The first-order valence-electron chi connectivity index (χ1n) is 7.25. The van der Waals surface area contributed by atoms with Crippen LogP contribution in [0.3, 0.4) is 0 Å². The Bertz CT molecular complexity index is 598. The number of halogens is 1. The molecule has 0 radical (unpaired) electrons. The molecule has 0 saturated heterocycles. The number of nitrogens with zero attached hydrogens (tertiary/aromatic N) is 2. The number of guanidine groups is 1. The molecule has 0 aliphatic rings. The summed E-state index contributed by atoms with van der Waals surface area (Å²) < 4.78 is 5.26. The molecule has 1 heterocycles. The fraction of sp³-hybridized carbons (Fsp3) is 0.375. The summed E-state index contributed by atoms with van der Waals surface area (Å²) in [6.07, 6.45) is 2.72. The molecule has 0 saturated carbocycles. The van der Waals surface area contributed by atoms with Crippen molar-refractivity contribution in [2.24, 2.45) is 10.7 Å². The normalized spacial score (nSPS) is 11.2. The average molecular weight is 414 g/mol. The maximum absolute atomic E-state index is 5.85. The van der Waals surface area contributed by atoms with E-state index >= 15 is 0 Å². The highest BCUT2D eigenvalue weighted by Crippen LogP contribution is 2.16. The highest BCUT2D eigenvalue weighted by atomic mass is 127. The van der Waals surface area contributed by atoms with Crippen molar-refractivity contribution in [1.29, 1.82) is 0 Å². The van der Waals surface area contributed by atoms with Crippen LogP contribution < -0.4 is 11.1 Å². The number of nitrogens with one attached hydrogen (secondary N) is 1. The third kappa shape index (κ3) is 5.76. The molecule has 3 N–H and O–H groups in total. The molecule has 2 rings (SSSR count). The molecule has 5 nitrogen and oxygen atoms in total. The van der Waals surface area contributed by atoms with E-state index in [0.29, 0.717) is 12.5 Å². The maximum atomic E-state index is 5.85. The van der Waals surface area contributed by atoms with E-state index in [2.05, 4.69) is 27.4 Å². The third-order valence-electron chi connectivity index (χ3n) is 3.13. The number of aromatic nitrogens is 1. The first-order chi connectivity index (χ1) is 10.3. The zero-order chi connectivity index (χ0) is 14.9. The summed E-state index contributed by atoms with van der Waals surface area (Å²) in [7, 11) is 0. The summed E-state index contributed by atoms with van der Waals surface area (Å²) >= 11 is 0. The van der Waals surface area contributed by atoms with Gasteiger partial charge in [0.2, 0.25) is 0 Å². The molecular formula is C16H23IN4O. The number of hydrogen-bond donors (Lipinski definition) is 2. The Morgan fingerprint density at radius 2 is 2.14 bits per heavy atom. The van der Waals surface area contributed by atoms with Crippen molar-refractivity contribution in [3.8, 4) is 0 Å². The minimum absolute atomic E-state index is 0. The van der Waals surface area contributed by atoms with E-state index in [4.69, 9.17) is 10.5 Å². The summed E-state index contributed by atoms with van der Waals surface area (Å²) in [6, 6.07) is 10.1. The van der Waals surface area contributed by atoms with E-state index in [1.54, 1.807) is 6.20 Å². The van der Waals surface area contributed by atoms with Crippen molar-refractivity contribution in [2.45, 2.75) is 19.9 Å². The summed E-state index contributed by atoms with van der Waals surface area (Å²) in [5.41, 5.74) is 6.79. The second-order valence-electron chi connectivity index (χ2n) is 4.66. The van der Waals surface area contributed by atoms with Crippen molar-refractivity contribution in [1.82, 2.24) is 10.3 Å². The molecule has 22 heavy (non-hydrogen) atoms. The van der Waals surface area contributed by atoms with Gasteiger partial charge < -0.3 is 15.8 Å². The maximum Gasteiger partial charge on any atom is 0.188 e. The van der Waals surface area contributed by atoms with Crippen molar-refractivity contribution in [2.75, 3.05) is 19.8 Å². The Kier molecular flexibility index (Phi) is 8.76. The average Bonchev–Trinajstić information content (AvgIpc) is 2.52. The van der Waals surface area contributed by atoms with Gasteiger partial charge in [0, 0.05) is 31.3 Å². The van der Waals surface area contributed by atoms with E-state index < -0.39 is 0 Å². The first kappa shape index (κ1) is 18.6. The van der Waals surface area contributed by atoms with Gasteiger partial charge in [-0.25, -0.2) is 4.99 Å². The van der Waals surface area contributed by atoms with Crippen LogP contribution in [-0.4, -0.2) is 30.7 Å². The van der Waals surface area contributed by atoms with Gasteiger partial charge in [0.25, 0.3) is 0 Å². The highest BCUT2D eigenvalue weighted by molar-refractivity contribution is 14.0. The van der Waals surface area contributed by atoms with Crippen LogP contribution in [0.5, 0.6) is 0 Å². The van der Waals surface area contributed by atoms with Gasteiger partial charge in [-0.1, -0.05) is 24.3 Å². The Labute approximate surface area is 148 Å². The smallest absolute Gasteiger partial charge is 0.188 e. The van der Waals surface area contributed by atoms with Gasteiger partial charge in [0.15, 0.2) is 5.96 Å². The van der Waals surface area contributed by atoms with Gasteiger partial charge in [-0.05, 0) is 24.8 Å². The molecule has 0 bridgehead atoms. The molecule has 0 aliphatic heterocycles. The molecule has 0 fully saturated rings. The van der Waals surface area contributed by atoms with Gasteiger partial charge in [0.05, 0.1) is 12.2 Å². The lowest BCUT2D eigenvalue weighted by atomic mass is 10.1. The Balaban J connectivity index is 0.00000242. The van der Waals surface area contributed by atoms with Crippen LogP contribution in [0, 0.1) is 0 Å². The Morgan fingerprint density at radius 1 is 1.32 bits per heavy atom. The van der Waals surface area contributed by atoms with Gasteiger partial charge in [-0.2, -0.15) is 0 Å². The minimum Gasteiger partial charge on any atom is -0.382 e. The van der Waals surface area contributed by atoms with E-state index in [0.717, 1.165) is 37.3 Å². The van der Waals surface area contributed by atoms with E-state index in [9.17, 15) is 0 Å². The van der Waals surface area contributed by atoms with Crippen LogP contribution in [0.2, 0.25) is 0 Å². The molecule has 0 unspecified atom stereocenters. The second kappa shape index (κ2) is 10.3. The molecule has 0 aliphatic carbocycles. The van der Waals surface area contributed by atoms with Gasteiger partial charge in [-0.3, -0.25) is 4.98 Å². The number of aliphatic imine (C=N–C) groups is 1. The molecule has 120 valence electrons. The summed E-state index contributed by atoms with van der Waals surface area (Å²) in [5.74, 6) is 0.446. The monoisotopic (exact) mass is 414 g/mol. The van der Waals surface area contributed by atoms with Gasteiger partial charge >= 0.3 is 0 Å². The predicted molar refractivity (Wildman–Crippen MR) is 102 cm³/mol. The predicted octanol–water partition coefficient (Wildman–Crippen LogP) is 2.68. The van der Waals surface area contributed by atoms with Gasteiger partial charge in [-0.15, -0.1) is 24.0 Å². The van der Waals surface area contributed by atoms with Crippen LogP contribution in [0.1, 0.15) is 19.0 Å². The van der Waals surface area contributed by atoms with E-state index in [-0.39, 0.29) is 24.0 Å². The minimum atomic E-state index is 0. The number of rotatable bonds is 7. The molecule has 0 spiro atoms. The largest absolute Gasteiger partial charge is 0.382 e. The Hall–Kier alpha value is -1.41. The van der Waals surface area contributed by atoms with Crippen LogP contribution in [0.15, 0.2) is 41.5 Å². The number of fused-ring (bicyclic) bond motifs is 1. The van der Waals surface area contributed by atoms with Crippen LogP contribution in [-0.2, 0) is 11.3 Å². The number of nitrogens with two attached hydrogens (primary N) is 1. The zero-order valence-electron chi connectivity index (χ0n) is 12.8. The number of hydrogen-bond acceptors (Lipinski definition) is 3. The molecule has 0 amide bonds. The van der Waals surface area contributed by atoms with Crippen LogP contribution in [0.4, 0.5) is 0 Å². The lowest BCUT2D eigenvalue weighted by molar-refractivity contribution is 0.145. The summed E-state index contributed by atoms with van der Waals surface area (Å²) in [4.78, 5) is 8.73. The van der Waals surface area contributed by atoms with Crippen molar-refractivity contribution in [3.63, 3.8) is 0 Å². The molecule has 0 atom stereocenters. The molecule has 6 heteroatoms. The topological polar surface area (TPSA) is 72.5 Å². The number of pyridine rings is 1. The number of ether oxygens (including phenoxy) is 1. The number of benzene rings is 1. The van der Waals surface area contributed by atoms with E-state index in [1.165, 1.54) is 5.39 Å². The van der Waals surface area contributed by atoms with Crippen LogP contribution in [0.25, 0.3) is 10.8 Å². The van der Waals surface area contributed by atoms with Gasteiger partial charge in [0.1, 0.15) is 0 Å². The van der Waals surface area contributed by atoms with Crippen molar-refractivity contribution in [3.05, 3.63) is 42.2 Å². The molecule has 1 aromatic carbocycles. The van der Waals surface area contributed by atoms with Crippen LogP contribution >= 0.6 is 24.0 Å².